The minimum Gasteiger partial charge on any atom is -0.462 e. The lowest BCUT2D eigenvalue weighted by Gasteiger charge is -2.08. The van der Waals surface area contributed by atoms with Gasteiger partial charge in [0.15, 0.2) is 0 Å². The first-order chi connectivity index (χ1) is 10.3. The Kier molecular flexibility index (Phi) is 3.87. The zero-order valence-electron chi connectivity index (χ0n) is 12.1. The van der Waals surface area contributed by atoms with E-state index in [1.54, 1.807) is 0 Å². The van der Waals surface area contributed by atoms with E-state index in [1.165, 1.54) is 5.39 Å². The van der Waals surface area contributed by atoms with Crippen LogP contribution >= 0.6 is 0 Å². The van der Waals surface area contributed by atoms with Crippen LogP contribution in [-0.2, 0) is 4.74 Å². The molecule has 0 atom stereocenters. The number of carbonyl (C=O) groups excluding carboxylic acids is 1. The summed E-state index contributed by atoms with van der Waals surface area (Å²) in [7, 11) is 0. The van der Waals surface area contributed by atoms with Crippen LogP contribution in [0.15, 0.2) is 54.6 Å². The summed E-state index contributed by atoms with van der Waals surface area (Å²) in [6, 6.07) is 18.2. The smallest absolute Gasteiger partial charge is 0.338 e. The van der Waals surface area contributed by atoms with Crippen molar-refractivity contribution in [2.75, 3.05) is 6.61 Å². The molecule has 3 aromatic carbocycles. The fourth-order valence-corrected chi connectivity index (χ4v) is 2.53. The van der Waals surface area contributed by atoms with Gasteiger partial charge in [-0.3, -0.25) is 0 Å². The molecule has 106 valence electrons. The van der Waals surface area contributed by atoms with Crippen molar-refractivity contribution in [3.05, 3.63) is 60.2 Å². The molecule has 0 aliphatic carbocycles. The van der Waals surface area contributed by atoms with Gasteiger partial charge in [0, 0.05) is 0 Å². The Morgan fingerprint density at radius 1 is 0.952 bits per heavy atom. The predicted octanol–water partition coefficient (Wildman–Crippen LogP) is 4.95. The Bertz CT molecular complexity index is 790. The first-order valence-electron chi connectivity index (χ1n) is 7.38. The van der Waals surface area contributed by atoms with E-state index in [0.29, 0.717) is 12.2 Å². The van der Waals surface area contributed by atoms with E-state index in [-0.39, 0.29) is 5.97 Å². The third-order valence-corrected chi connectivity index (χ3v) is 3.70. The molecular formula is C19H18O2. The molecule has 0 spiro atoms. The van der Waals surface area contributed by atoms with Crippen molar-refractivity contribution in [1.82, 2.24) is 0 Å². The third-order valence-electron chi connectivity index (χ3n) is 3.70. The van der Waals surface area contributed by atoms with Crippen LogP contribution in [0, 0.1) is 0 Å². The highest BCUT2D eigenvalue weighted by molar-refractivity contribution is 6.08. The van der Waals surface area contributed by atoms with E-state index in [4.69, 9.17) is 4.74 Å². The summed E-state index contributed by atoms with van der Waals surface area (Å²) in [5.41, 5.74) is 0.648. The van der Waals surface area contributed by atoms with Crippen molar-refractivity contribution < 1.29 is 9.53 Å². The molecule has 0 radical (unpaired) electrons. The minimum absolute atomic E-state index is 0.232. The van der Waals surface area contributed by atoms with E-state index in [0.717, 1.165) is 29.0 Å². The maximum Gasteiger partial charge on any atom is 0.338 e. The molecule has 0 saturated heterocycles. The quantitative estimate of drug-likeness (QED) is 0.383. The molecule has 0 heterocycles. The third kappa shape index (κ3) is 2.75. The zero-order valence-corrected chi connectivity index (χ0v) is 12.1. The summed E-state index contributed by atoms with van der Waals surface area (Å²) in [5.74, 6) is -0.232. The van der Waals surface area contributed by atoms with Crippen LogP contribution in [0.4, 0.5) is 0 Å². The van der Waals surface area contributed by atoms with Gasteiger partial charge in [-0.2, -0.15) is 0 Å². The fourth-order valence-electron chi connectivity index (χ4n) is 2.53. The minimum atomic E-state index is -0.232. The number of benzene rings is 3. The molecule has 3 aromatic rings. The van der Waals surface area contributed by atoms with Gasteiger partial charge in [0.1, 0.15) is 0 Å². The van der Waals surface area contributed by atoms with Crippen molar-refractivity contribution in [3.63, 3.8) is 0 Å². The molecule has 0 fully saturated rings. The Labute approximate surface area is 124 Å². The van der Waals surface area contributed by atoms with E-state index in [2.05, 4.69) is 31.2 Å². The first kappa shape index (κ1) is 13.6. The van der Waals surface area contributed by atoms with E-state index in [9.17, 15) is 4.79 Å². The van der Waals surface area contributed by atoms with Crippen molar-refractivity contribution in [2.45, 2.75) is 19.8 Å². The molecule has 2 heteroatoms. The SMILES string of the molecule is CCCCOC(=O)c1cccc2cc3ccccc3cc12. The zero-order chi connectivity index (χ0) is 14.7. The number of hydrogen-bond acceptors (Lipinski definition) is 2. The molecule has 0 saturated carbocycles. The Balaban J connectivity index is 2.06. The average Bonchev–Trinajstić information content (AvgIpc) is 2.52. The van der Waals surface area contributed by atoms with Crippen molar-refractivity contribution in [1.29, 1.82) is 0 Å². The van der Waals surface area contributed by atoms with Gasteiger partial charge < -0.3 is 4.74 Å². The standard InChI is InChI=1S/C19H18O2/c1-2-3-11-21-19(20)17-10-6-9-16-12-14-7-4-5-8-15(14)13-18(16)17/h4-10,12-13H,2-3,11H2,1H3. The molecule has 2 nitrogen and oxygen atoms in total. The summed E-state index contributed by atoms with van der Waals surface area (Å²) in [4.78, 5) is 12.2. The second-order valence-corrected chi connectivity index (χ2v) is 5.22. The maximum absolute atomic E-state index is 12.2. The van der Waals surface area contributed by atoms with Crippen LogP contribution in [0.5, 0.6) is 0 Å². The second kappa shape index (κ2) is 5.96. The fraction of sp³-hybridized carbons (Fsp3) is 0.211. The lowest BCUT2D eigenvalue weighted by molar-refractivity contribution is 0.0502. The topological polar surface area (TPSA) is 26.3 Å². The summed E-state index contributed by atoms with van der Waals surface area (Å²) in [6.45, 7) is 2.57. The Morgan fingerprint density at radius 3 is 2.43 bits per heavy atom. The molecule has 0 aliphatic rings. The lowest BCUT2D eigenvalue weighted by Crippen LogP contribution is -2.06. The predicted molar refractivity (Wildman–Crippen MR) is 86.6 cm³/mol. The largest absolute Gasteiger partial charge is 0.462 e. The van der Waals surface area contributed by atoms with E-state index >= 15 is 0 Å². The lowest BCUT2D eigenvalue weighted by atomic mass is 10.00. The van der Waals surface area contributed by atoms with Crippen LogP contribution in [0.3, 0.4) is 0 Å². The molecule has 0 aliphatic heterocycles. The van der Waals surface area contributed by atoms with Gasteiger partial charge >= 0.3 is 5.97 Å². The van der Waals surface area contributed by atoms with Crippen molar-refractivity contribution in [3.8, 4) is 0 Å². The van der Waals surface area contributed by atoms with Crippen LogP contribution < -0.4 is 0 Å². The Hall–Kier alpha value is -2.35. The molecule has 0 unspecified atom stereocenters. The number of hydrogen-bond donors (Lipinski definition) is 0. The van der Waals surface area contributed by atoms with Gasteiger partial charge in [0.2, 0.25) is 0 Å². The highest BCUT2D eigenvalue weighted by Crippen LogP contribution is 2.26. The second-order valence-electron chi connectivity index (χ2n) is 5.22. The van der Waals surface area contributed by atoms with Gasteiger partial charge in [-0.25, -0.2) is 4.79 Å². The Morgan fingerprint density at radius 2 is 1.67 bits per heavy atom. The van der Waals surface area contributed by atoms with Gasteiger partial charge in [-0.1, -0.05) is 49.7 Å². The average molecular weight is 278 g/mol. The maximum atomic E-state index is 12.2. The number of unbranched alkanes of at least 4 members (excludes halogenated alkanes) is 1. The van der Waals surface area contributed by atoms with Gasteiger partial charge in [-0.05, 0) is 46.2 Å². The molecule has 0 bridgehead atoms. The summed E-state index contributed by atoms with van der Waals surface area (Å²) >= 11 is 0. The molecular weight excluding hydrogens is 260 g/mol. The summed E-state index contributed by atoms with van der Waals surface area (Å²) < 4.78 is 5.35. The van der Waals surface area contributed by atoms with Crippen LogP contribution in [0.1, 0.15) is 30.1 Å². The molecule has 0 aromatic heterocycles. The number of ether oxygens (including phenoxy) is 1. The number of rotatable bonds is 4. The van der Waals surface area contributed by atoms with Crippen molar-refractivity contribution >= 4 is 27.5 Å². The highest BCUT2D eigenvalue weighted by Gasteiger charge is 2.11. The molecule has 21 heavy (non-hydrogen) atoms. The monoisotopic (exact) mass is 278 g/mol. The van der Waals surface area contributed by atoms with Crippen LogP contribution in [-0.4, -0.2) is 12.6 Å². The van der Waals surface area contributed by atoms with Crippen LogP contribution in [0.2, 0.25) is 0 Å². The number of carbonyl (C=O) groups is 1. The van der Waals surface area contributed by atoms with E-state index in [1.807, 2.05) is 30.3 Å². The summed E-state index contributed by atoms with van der Waals surface area (Å²) in [6.07, 6.45) is 1.92. The normalized spacial score (nSPS) is 10.9. The van der Waals surface area contributed by atoms with Crippen molar-refractivity contribution in [2.24, 2.45) is 0 Å². The molecule has 3 rings (SSSR count). The number of esters is 1. The van der Waals surface area contributed by atoms with Crippen LogP contribution in [0.25, 0.3) is 21.5 Å². The van der Waals surface area contributed by atoms with E-state index < -0.39 is 0 Å². The molecule has 0 N–H and O–H groups in total. The van der Waals surface area contributed by atoms with Gasteiger partial charge in [-0.15, -0.1) is 0 Å². The first-order valence-corrected chi connectivity index (χ1v) is 7.38. The van der Waals surface area contributed by atoms with Gasteiger partial charge in [0.05, 0.1) is 12.2 Å². The summed E-state index contributed by atoms with van der Waals surface area (Å²) in [5, 5.41) is 4.34. The number of fused-ring (bicyclic) bond motifs is 2. The van der Waals surface area contributed by atoms with Gasteiger partial charge in [0.25, 0.3) is 0 Å². The molecule has 0 amide bonds. The highest BCUT2D eigenvalue weighted by atomic mass is 16.5.